The molecular formula is C15H21N3O2. The van der Waals surface area contributed by atoms with E-state index < -0.39 is 0 Å². The molecule has 1 aromatic rings. The number of rotatable bonds is 2. The summed E-state index contributed by atoms with van der Waals surface area (Å²) in [4.78, 5) is 16.8. The summed E-state index contributed by atoms with van der Waals surface area (Å²) >= 11 is 0. The van der Waals surface area contributed by atoms with Crippen LogP contribution in [0, 0.1) is 0 Å². The summed E-state index contributed by atoms with van der Waals surface area (Å²) in [7, 11) is 3.76. The van der Waals surface area contributed by atoms with E-state index in [-0.39, 0.29) is 18.1 Å². The standard InChI is InChI=1S/C15H21N3O2/c1-17-7-8-18(14-6-4-3-5-13(14)17)15(19)12-9-11(20-2)10-16-12/h3-6,11-12,16H,7-10H2,1-2H3. The third-order valence-corrected chi connectivity index (χ3v) is 4.23. The maximum absolute atomic E-state index is 12.7. The second-order valence-electron chi connectivity index (χ2n) is 5.45. The molecule has 2 aliphatic rings. The molecule has 3 rings (SSSR count). The topological polar surface area (TPSA) is 44.8 Å². The highest BCUT2D eigenvalue weighted by Gasteiger charge is 2.34. The molecule has 108 valence electrons. The predicted molar refractivity (Wildman–Crippen MR) is 79.3 cm³/mol. The number of para-hydroxylation sites is 2. The minimum atomic E-state index is -0.128. The van der Waals surface area contributed by atoms with Crippen molar-refractivity contribution in [2.45, 2.75) is 18.6 Å². The number of carbonyl (C=O) groups is 1. The highest BCUT2D eigenvalue weighted by Crippen LogP contribution is 2.32. The highest BCUT2D eigenvalue weighted by atomic mass is 16.5. The number of benzene rings is 1. The number of amides is 1. The van der Waals surface area contributed by atoms with Gasteiger partial charge in [0.1, 0.15) is 0 Å². The van der Waals surface area contributed by atoms with Gasteiger partial charge in [-0.2, -0.15) is 0 Å². The number of hydrogen-bond donors (Lipinski definition) is 1. The number of carbonyl (C=O) groups excluding carboxylic acids is 1. The zero-order valence-corrected chi connectivity index (χ0v) is 12.0. The summed E-state index contributed by atoms with van der Waals surface area (Å²) in [5.74, 6) is 0.158. The van der Waals surface area contributed by atoms with E-state index in [4.69, 9.17) is 4.74 Å². The summed E-state index contributed by atoms with van der Waals surface area (Å²) in [6.07, 6.45) is 0.899. The second-order valence-corrected chi connectivity index (χ2v) is 5.45. The number of nitrogens with one attached hydrogen (secondary N) is 1. The van der Waals surface area contributed by atoms with Gasteiger partial charge in [-0.05, 0) is 18.6 Å². The molecule has 1 N–H and O–H groups in total. The number of ether oxygens (including phenoxy) is 1. The Labute approximate surface area is 119 Å². The van der Waals surface area contributed by atoms with Crippen LogP contribution in [-0.4, -0.2) is 51.8 Å². The van der Waals surface area contributed by atoms with Crippen LogP contribution in [0.4, 0.5) is 11.4 Å². The molecule has 0 spiro atoms. The zero-order valence-electron chi connectivity index (χ0n) is 12.0. The lowest BCUT2D eigenvalue weighted by atomic mass is 10.1. The molecular weight excluding hydrogens is 254 g/mol. The quantitative estimate of drug-likeness (QED) is 0.869. The molecule has 5 heteroatoms. The van der Waals surface area contributed by atoms with Crippen LogP contribution in [0.15, 0.2) is 24.3 Å². The summed E-state index contributed by atoms with van der Waals surface area (Å²) < 4.78 is 5.32. The Morgan fingerprint density at radius 2 is 2.05 bits per heavy atom. The lowest BCUT2D eigenvalue weighted by molar-refractivity contribution is -0.120. The van der Waals surface area contributed by atoms with E-state index in [0.29, 0.717) is 0 Å². The zero-order chi connectivity index (χ0) is 14.1. The van der Waals surface area contributed by atoms with Gasteiger partial charge in [0.25, 0.3) is 0 Å². The fourth-order valence-electron chi connectivity index (χ4n) is 2.99. The average Bonchev–Trinajstić information content (AvgIpc) is 2.96. The Morgan fingerprint density at radius 3 is 2.75 bits per heavy atom. The lowest BCUT2D eigenvalue weighted by Crippen LogP contribution is -2.49. The molecule has 0 bridgehead atoms. The van der Waals surface area contributed by atoms with Crippen molar-refractivity contribution in [2.24, 2.45) is 0 Å². The number of anilines is 2. The van der Waals surface area contributed by atoms with Crippen LogP contribution < -0.4 is 15.1 Å². The summed E-state index contributed by atoms with van der Waals surface area (Å²) in [6, 6.07) is 7.95. The molecule has 2 unspecified atom stereocenters. The van der Waals surface area contributed by atoms with Gasteiger partial charge in [0.05, 0.1) is 23.5 Å². The highest BCUT2D eigenvalue weighted by molar-refractivity contribution is 6.01. The van der Waals surface area contributed by atoms with Crippen LogP contribution in [-0.2, 0) is 9.53 Å². The smallest absolute Gasteiger partial charge is 0.244 e. The first-order valence-electron chi connectivity index (χ1n) is 7.08. The van der Waals surface area contributed by atoms with Crippen molar-refractivity contribution in [3.05, 3.63) is 24.3 Å². The van der Waals surface area contributed by atoms with Crippen LogP contribution >= 0.6 is 0 Å². The Hall–Kier alpha value is -1.59. The first-order chi connectivity index (χ1) is 9.70. The summed E-state index contributed by atoms with van der Waals surface area (Å²) in [5, 5.41) is 3.27. The van der Waals surface area contributed by atoms with Gasteiger partial charge >= 0.3 is 0 Å². The molecule has 1 fully saturated rings. The SMILES string of the molecule is COC1CNC(C(=O)N2CCN(C)c3ccccc32)C1. The monoisotopic (exact) mass is 275 g/mol. The maximum atomic E-state index is 12.7. The third kappa shape index (κ3) is 2.27. The van der Waals surface area contributed by atoms with Crippen molar-refractivity contribution < 1.29 is 9.53 Å². The number of fused-ring (bicyclic) bond motifs is 1. The van der Waals surface area contributed by atoms with E-state index >= 15 is 0 Å². The van der Waals surface area contributed by atoms with E-state index in [9.17, 15) is 4.79 Å². The van der Waals surface area contributed by atoms with Gasteiger partial charge in [-0.15, -0.1) is 0 Å². The molecule has 1 aromatic carbocycles. The van der Waals surface area contributed by atoms with Crippen LogP contribution in [0.2, 0.25) is 0 Å². The largest absolute Gasteiger partial charge is 0.380 e. The molecule has 2 heterocycles. The number of methoxy groups -OCH3 is 1. The summed E-state index contributed by atoms with van der Waals surface area (Å²) in [6.45, 7) is 2.35. The van der Waals surface area contributed by atoms with Crippen LogP contribution in [0.3, 0.4) is 0 Å². The minimum absolute atomic E-state index is 0.128. The molecule has 0 aromatic heterocycles. The maximum Gasteiger partial charge on any atom is 0.244 e. The van der Waals surface area contributed by atoms with Crippen LogP contribution in [0.25, 0.3) is 0 Å². The number of likely N-dealkylation sites (N-methyl/N-ethyl adjacent to an activating group) is 1. The van der Waals surface area contributed by atoms with Crippen molar-refractivity contribution in [1.29, 1.82) is 0 Å². The fraction of sp³-hybridized carbons (Fsp3) is 0.533. The van der Waals surface area contributed by atoms with E-state index in [1.807, 2.05) is 23.1 Å². The first-order valence-corrected chi connectivity index (χ1v) is 7.08. The molecule has 0 aliphatic carbocycles. The Bertz CT molecular complexity index is 506. The van der Waals surface area contributed by atoms with E-state index in [1.165, 1.54) is 0 Å². The van der Waals surface area contributed by atoms with Gasteiger partial charge in [0, 0.05) is 33.8 Å². The molecule has 1 saturated heterocycles. The van der Waals surface area contributed by atoms with Gasteiger partial charge in [-0.3, -0.25) is 4.79 Å². The molecule has 0 radical (unpaired) electrons. The molecule has 2 aliphatic heterocycles. The lowest BCUT2D eigenvalue weighted by Gasteiger charge is -2.36. The molecule has 0 saturated carbocycles. The predicted octanol–water partition coefficient (Wildman–Crippen LogP) is 0.846. The van der Waals surface area contributed by atoms with E-state index in [2.05, 4.69) is 23.3 Å². The summed E-state index contributed by atoms with van der Waals surface area (Å²) in [5.41, 5.74) is 2.13. The van der Waals surface area contributed by atoms with Gasteiger partial charge < -0.3 is 19.9 Å². The van der Waals surface area contributed by atoms with Crippen LogP contribution in [0.5, 0.6) is 0 Å². The number of hydrogen-bond acceptors (Lipinski definition) is 4. The van der Waals surface area contributed by atoms with Gasteiger partial charge in [-0.25, -0.2) is 0 Å². The van der Waals surface area contributed by atoms with Gasteiger partial charge in [-0.1, -0.05) is 12.1 Å². The molecule has 5 nitrogen and oxygen atoms in total. The van der Waals surface area contributed by atoms with Crippen LogP contribution in [0.1, 0.15) is 6.42 Å². The van der Waals surface area contributed by atoms with Gasteiger partial charge in [0.2, 0.25) is 5.91 Å². The molecule has 1 amide bonds. The fourth-order valence-corrected chi connectivity index (χ4v) is 2.99. The Kier molecular flexibility index (Phi) is 3.63. The van der Waals surface area contributed by atoms with Crippen molar-refractivity contribution >= 4 is 17.3 Å². The van der Waals surface area contributed by atoms with Crippen molar-refractivity contribution in [2.75, 3.05) is 43.6 Å². The minimum Gasteiger partial charge on any atom is -0.380 e. The molecule has 20 heavy (non-hydrogen) atoms. The average molecular weight is 275 g/mol. The van der Waals surface area contributed by atoms with E-state index in [1.54, 1.807) is 7.11 Å². The normalized spacial score (nSPS) is 25.7. The Morgan fingerprint density at radius 1 is 1.30 bits per heavy atom. The van der Waals surface area contributed by atoms with E-state index in [0.717, 1.165) is 37.4 Å². The first kappa shape index (κ1) is 13.4. The molecule has 2 atom stereocenters. The van der Waals surface area contributed by atoms with Crippen molar-refractivity contribution in [3.63, 3.8) is 0 Å². The Balaban J connectivity index is 1.81. The van der Waals surface area contributed by atoms with Crippen molar-refractivity contribution in [3.8, 4) is 0 Å². The third-order valence-electron chi connectivity index (χ3n) is 4.23. The second kappa shape index (κ2) is 5.42. The van der Waals surface area contributed by atoms with Crippen molar-refractivity contribution in [1.82, 2.24) is 5.32 Å². The van der Waals surface area contributed by atoms with Gasteiger partial charge in [0.15, 0.2) is 0 Å². The number of nitrogens with zero attached hydrogens (tertiary/aromatic N) is 2.